The summed E-state index contributed by atoms with van der Waals surface area (Å²) in [7, 11) is 0. The summed E-state index contributed by atoms with van der Waals surface area (Å²) < 4.78 is 5.03. The van der Waals surface area contributed by atoms with Crippen molar-refractivity contribution in [1.29, 1.82) is 0 Å². The van der Waals surface area contributed by atoms with E-state index in [4.69, 9.17) is 9.84 Å². The van der Waals surface area contributed by atoms with Gasteiger partial charge in [0.05, 0.1) is 13.2 Å². The molecule has 0 radical (unpaired) electrons. The maximum absolute atomic E-state index is 12.0. The number of hydrogen-bond donors (Lipinski definition) is 3. The molecule has 0 aromatic carbocycles. The molecule has 8 heteroatoms. The molecule has 0 aromatic rings. The molecule has 0 aliphatic carbocycles. The Balaban J connectivity index is 1.88. The van der Waals surface area contributed by atoms with Crippen molar-refractivity contribution in [3.63, 3.8) is 0 Å². The highest BCUT2D eigenvalue weighted by Crippen LogP contribution is 2.08. The summed E-state index contributed by atoms with van der Waals surface area (Å²) in [5, 5.41) is 14.2. The Labute approximate surface area is 110 Å². The number of carboxylic acids is 1. The lowest BCUT2D eigenvalue weighted by molar-refractivity contribution is -0.154. The van der Waals surface area contributed by atoms with Gasteiger partial charge in [0.1, 0.15) is 6.04 Å². The Kier molecular flexibility index (Phi) is 4.20. The van der Waals surface area contributed by atoms with Crippen LogP contribution < -0.4 is 10.6 Å². The van der Waals surface area contributed by atoms with Gasteiger partial charge in [-0.25, -0.2) is 9.59 Å². The molecular weight excluding hydrogens is 254 g/mol. The predicted octanol–water partition coefficient (Wildman–Crippen LogP) is -1.24. The molecule has 0 spiro atoms. The van der Waals surface area contributed by atoms with Crippen LogP contribution >= 0.6 is 0 Å². The Bertz CT molecular complexity index is 387. The van der Waals surface area contributed by atoms with E-state index >= 15 is 0 Å². The van der Waals surface area contributed by atoms with Crippen LogP contribution in [0.2, 0.25) is 0 Å². The molecule has 2 saturated heterocycles. The van der Waals surface area contributed by atoms with Gasteiger partial charge in [0.2, 0.25) is 5.91 Å². The summed E-state index contributed by atoms with van der Waals surface area (Å²) in [5.41, 5.74) is 0. The molecule has 19 heavy (non-hydrogen) atoms. The highest BCUT2D eigenvalue weighted by atomic mass is 16.5. The summed E-state index contributed by atoms with van der Waals surface area (Å²) in [5.74, 6) is -1.28. The zero-order valence-corrected chi connectivity index (χ0v) is 10.4. The van der Waals surface area contributed by atoms with Crippen LogP contribution in [0.25, 0.3) is 0 Å². The molecule has 2 aliphatic heterocycles. The van der Waals surface area contributed by atoms with Gasteiger partial charge < -0.3 is 25.4 Å². The molecule has 2 fully saturated rings. The average molecular weight is 271 g/mol. The monoisotopic (exact) mass is 271 g/mol. The largest absolute Gasteiger partial charge is 0.479 e. The van der Waals surface area contributed by atoms with E-state index in [-0.39, 0.29) is 19.1 Å². The first kappa shape index (κ1) is 13.6. The molecular formula is C11H17N3O5. The number of hydrogen-bond acceptors (Lipinski definition) is 4. The molecule has 3 amide bonds. The number of carbonyl (C=O) groups excluding carboxylic acids is 2. The molecule has 106 valence electrons. The van der Waals surface area contributed by atoms with E-state index in [9.17, 15) is 14.4 Å². The Morgan fingerprint density at radius 2 is 2.26 bits per heavy atom. The van der Waals surface area contributed by atoms with Crippen molar-refractivity contribution in [3.8, 4) is 0 Å². The van der Waals surface area contributed by atoms with Crippen molar-refractivity contribution in [1.82, 2.24) is 15.5 Å². The minimum absolute atomic E-state index is 0.00446. The van der Waals surface area contributed by atoms with Crippen LogP contribution in [0.3, 0.4) is 0 Å². The predicted molar refractivity (Wildman–Crippen MR) is 63.5 cm³/mol. The highest BCUT2D eigenvalue weighted by molar-refractivity contribution is 5.87. The topological polar surface area (TPSA) is 108 Å². The number of carbonyl (C=O) groups is 3. The van der Waals surface area contributed by atoms with Gasteiger partial charge in [-0.1, -0.05) is 0 Å². The second-order valence-corrected chi connectivity index (χ2v) is 4.58. The van der Waals surface area contributed by atoms with Gasteiger partial charge in [0.25, 0.3) is 0 Å². The van der Waals surface area contributed by atoms with E-state index in [1.54, 1.807) is 0 Å². The summed E-state index contributed by atoms with van der Waals surface area (Å²) in [6.45, 7) is 1.13. The van der Waals surface area contributed by atoms with Crippen molar-refractivity contribution >= 4 is 17.9 Å². The smallest absolute Gasteiger partial charge is 0.334 e. The third-order valence-electron chi connectivity index (χ3n) is 3.21. The quantitative estimate of drug-likeness (QED) is 0.582. The number of ether oxygens (including phenoxy) is 1. The Morgan fingerprint density at radius 3 is 2.95 bits per heavy atom. The SMILES string of the molecule is O=C1NCCCC1NC(=O)N1CCOC(C(=O)O)C1. The molecule has 3 N–H and O–H groups in total. The first-order chi connectivity index (χ1) is 9.08. The van der Waals surface area contributed by atoms with Gasteiger partial charge in [-0.3, -0.25) is 4.79 Å². The summed E-state index contributed by atoms with van der Waals surface area (Å²) in [4.78, 5) is 35.7. The van der Waals surface area contributed by atoms with Crippen LogP contribution in [0, 0.1) is 0 Å². The number of morpholine rings is 1. The number of carboxylic acid groups (broad SMARTS) is 1. The lowest BCUT2D eigenvalue weighted by Crippen LogP contribution is -2.57. The summed E-state index contributed by atoms with van der Waals surface area (Å²) in [6, 6.07) is -0.955. The first-order valence-corrected chi connectivity index (χ1v) is 6.25. The molecule has 8 nitrogen and oxygen atoms in total. The zero-order chi connectivity index (χ0) is 13.8. The lowest BCUT2D eigenvalue weighted by Gasteiger charge is -2.32. The number of piperidine rings is 1. The standard InChI is InChI=1S/C11H17N3O5/c15-9-7(2-1-3-12-9)13-11(18)14-4-5-19-8(6-14)10(16)17/h7-8H,1-6H2,(H,12,15)(H,13,18)(H,16,17). The molecule has 2 rings (SSSR count). The average Bonchev–Trinajstić information content (AvgIpc) is 2.41. The number of amides is 3. The molecule has 2 unspecified atom stereocenters. The molecule has 2 atom stereocenters. The summed E-state index contributed by atoms with van der Waals surface area (Å²) >= 11 is 0. The number of nitrogens with one attached hydrogen (secondary N) is 2. The van der Waals surface area contributed by atoms with Crippen molar-refractivity contribution < 1.29 is 24.2 Å². The minimum Gasteiger partial charge on any atom is -0.479 e. The zero-order valence-electron chi connectivity index (χ0n) is 10.4. The molecule has 0 bridgehead atoms. The van der Waals surface area contributed by atoms with Crippen LogP contribution in [0.1, 0.15) is 12.8 Å². The van der Waals surface area contributed by atoms with Crippen LogP contribution in [-0.2, 0) is 14.3 Å². The van der Waals surface area contributed by atoms with Crippen molar-refractivity contribution in [2.75, 3.05) is 26.2 Å². The van der Waals surface area contributed by atoms with Gasteiger partial charge >= 0.3 is 12.0 Å². The molecule has 2 aliphatic rings. The summed E-state index contributed by atoms with van der Waals surface area (Å²) in [6.07, 6.45) is 0.418. The molecule has 0 aromatic heterocycles. The minimum atomic E-state index is -1.09. The van der Waals surface area contributed by atoms with Crippen molar-refractivity contribution in [3.05, 3.63) is 0 Å². The van der Waals surface area contributed by atoms with Crippen LogP contribution in [-0.4, -0.2) is 66.3 Å². The van der Waals surface area contributed by atoms with E-state index in [0.717, 1.165) is 6.42 Å². The third-order valence-corrected chi connectivity index (χ3v) is 3.21. The van der Waals surface area contributed by atoms with Crippen LogP contribution in [0.4, 0.5) is 4.79 Å². The third kappa shape index (κ3) is 3.34. The van der Waals surface area contributed by atoms with Gasteiger partial charge in [-0.05, 0) is 12.8 Å². The van der Waals surface area contributed by atoms with Crippen molar-refractivity contribution in [2.24, 2.45) is 0 Å². The fourth-order valence-electron chi connectivity index (χ4n) is 2.13. The maximum atomic E-state index is 12.0. The Morgan fingerprint density at radius 1 is 1.47 bits per heavy atom. The van der Waals surface area contributed by atoms with Gasteiger partial charge in [0, 0.05) is 13.1 Å². The van der Waals surface area contributed by atoms with Crippen LogP contribution in [0.5, 0.6) is 0 Å². The number of rotatable bonds is 2. The van der Waals surface area contributed by atoms with Gasteiger partial charge in [-0.15, -0.1) is 0 Å². The van der Waals surface area contributed by atoms with E-state index in [1.807, 2.05) is 0 Å². The fourth-order valence-corrected chi connectivity index (χ4v) is 2.13. The molecule has 0 saturated carbocycles. The maximum Gasteiger partial charge on any atom is 0.334 e. The van der Waals surface area contributed by atoms with E-state index < -0.39 is 24.1 Å². The normalized spacial score (nSPS) is 27.6. The van der Waals surface area contributed by atoms with E-state index in [0.29, 0.717) is 19.5 Å². The van der Waals surface area contributed by atoms with E-state index in [2.05, 4.69) is 10.6 Å². The number of urea groups is 1. The molecule has 2 heterocycles. The number of aliphatic carboxylic acids is 1. The fraction of sp³-hybridized carbons (Fsp3) is 0.727. The Hall–Kier alpha value is -1.83. The second-order valence-electron chi connectivity index (χ2n) is 4.58. The van der Waals surface area contributed by atoms with Gasteiger partial charge in [-0.2, -0.15) is 0 Å². The van der Waals surface area contributed by atoms with Crippen molar-refractivity contribution in [2.45, 2.75) is 25.0 Å². The number of nitrogens with zero attached hydrogens (tertiary/aromatic N) is 1. The first-order valence-electron chi connectivity index (χ1n) is 6.25. The highest BCUT2D eigenvalue weighted by Gasteiger charge is 2.31. The van der Waals surface area contributed by atoms with Gasteiger partial charge in [0.15, 0.2) is 6.10 Å². The second kappa shape index (κ2) is 5.87. The lowest BCUT2D eigenvalue weighted by atomic mass is 10.1. The van der Waals surface area contributed by atoms with Crippen LogP contribution in [0.15, 0.2) is 0 Å². The van der Waals surface area contributed by atoms with E-state index in [1.165, 1.54) is 4.90 Å².